The Kier molecular flexibility index (Phi) is 3.45. The Morgan fingerprint density at radius 3 is 2.59 bits per heavy atom. The molecule has 22 heavy (non-hydrogen) atoms. The van der Waals surface area contributed by atoms with E-state index in [0.717, 1.165) is 34.9 Å². The molecule has 0 spiro atoms. The highest BCUT2D eigenvalue weighted by atomic mass is 32.1. The lowest BCUT2D eigenvalue weighted by molar-refractivity contribution is 0.726. The minimum absolute atomic E-state index is 1.07. The van der Waals surface area contributed by atoms with Gasteiger partial charge in [0.2, 0.25) is 0 Å². The van der Waals surface area contributed by atoms with Crippen LogP contribution < -0.4 is 4.90 Å². The van der Waals surface area contributed by atoms with Crippen LogP contribution in [-0.2, 0) is 0 Å². The topological polar surface area (TPSA) is 41.9 Å². The van der Waals surface area contributed by atoms with Gasteiger partial charge in [-0.3, -0.25) is 0 Å². The zero-order chi connectivity index (χ0) is 15.1. The maximum atomic E-state index is 4.71. The molecule has 1 aliphatic rings. The number of fused-ring (bicyclic) bond motifs is 3. The van der Waals surface area contributed by atoms with E-state index < -0.39 is 0 Å². The lowest BCUT2D eigenvalue weighted by Crippen LogP contribution is -2.24. The predicted octanol–water partition coefficient (Wildman–Crippen LogP) is 4.24. The summed E-state index contributed by atoms with van der Waals surface area (Å²) in [5.74, 6) is 1.10. The first kappa shape index (κ1) is 13.9. The highest BCUT2D eigenvalue weighted by Gasteiger charge is 2.19. The van der Waals surface area contributed by atoms with Gasteiger partial charge in [0.25, 0.3) is 0 Å². The standard InChI is InChI=1S/C17H20N4S/c1-11-9-12(2)20-17-13(11)14-15(22-17)16(19-10-18-14)21-7-5-3-4-6-8-21/h9-10H,3-8H2,1-2H3. The third-order valence-electron chi connectivity index (χ3n) is 4.44. The Hall–Kier alpha value is -1.75. The summed E-state index contributed by atoms with van der Waals surface area (Å²) >= 11 is 1.74. The number of anilines is 1. The zero-order valence-electron chi connectivity index (χ0n) is 13.1. The Bertz CT molecular complexity index is 831. The molecule has 4 heterocycles. The fourth-order valence-electron chi connectivity index (χ4n) is 3.41. The number of pyridine rings is 1. The van der Waals surface area contributed by atoms with E-state index in [9.17, 15) is 0 Å². The van der Waals surface area contributed by atoms with Crippen LogP contribution in [0.4, 0.5) is 5.82 Å². The van der Waals surface area contributed by atoms with Crippen molar-refractivity contribution >= 4 is 37.6 Å². The van der Waals surface area contributed by atoms with Crippen molar-refractivity contribution in [1.29, 1.82) is 0 Å². The third-order valence-corrected chi connectivity index (χ3v) is 5.51. The second-order valence-corrected chi connectivity index (χ2v) is 7.14. The summed E-state index contributed by atoms with van der Waals surface area (Å²) in [6.45, 7) is 6.41. The maximum Gasteiger partial charge on any atom is 0.150 e. The van der Waals surface area contributed by atoms with Gasteiger partial charge >= 0.3 is 0 Å². The smallest absolute Gasteiger partial charge is 0.150 e. The van der Waals surface area contributed by atoms with Crippen LogP contribution >= 0.6 is 11.3 Å². The van der Waals surface area contributed by atoms with Gasteiger partial charge in [-0.05, 0) is 38.3 Å². The van der Waals surface area contributed by atoms with E-state index in [2.05, 4.69) is 34.8 Å². The normalized spacial score (nSPS) is 16.4. The molecule has 0 N–H and O–H groups in total. The molecule has 0 radical (unpaired) electrons. The summed E-state index contributed by atoms with van der Waals surface area (Å²) in [5, 5.41) is 1.20. The van der Waals surface area contributed by atoms with E-state index in [1.54, 1.807) is 17.7 Å². The molecule has 1 aliphatic heterocycles. The van der Waals surface area contributed by atoms with Crippen molar-refractivity contribution in [3.63, 3.8) is 0 Å². The Balaban J connectivity index is 1.94. The summed E-state index contributed by atoms with van der Waals surface area (Å²) in [4.78, 5) is 17.4. The fourth-order valence-corrected chi connectivity index (χ4v) is 4.67. The summed E-state index contributed by atoms with van der Waals surface area (Å²) < 4.78 is 1.20. The Labute approximate surface area is 134 Å². The van der Waals surface area contributed by atoms with Crippen LogP contribution in [0.3, 0.4) is 0 Å². The predicted molar refractivity (Wildman–Crippen MR) is 92.9 cm³/mol. The molecule has 114 valence electrons. The highest BCUT2D eigenvalue weighted by molar-refractivity contribution is 7.26. The fraction of sp³-hybridized carbons (Fsp3) is 0.471. The molecular formula is C17H20N4S. The third kappa shape index (κ3) is 2.24. The second-order valence-electron chi connectivity index (χ2n) is 6.14. The van der Waals surface area contributed by atoms with Crippen molar-refractivity contribution < 1.29 is 0 Å². The first-order chi connectivity index (χ1) is 10.7. The van der Waals surface area contributed by atoms with E-state index in [0.29, 0.717) is 0 Å². The van der Waals surface area contributed by atoms with Crippen LogP contribution in [0.1, 0.15) is 36.9 Å². The lowest BCUT2D eigenvalue weighted by Gasteiger charge is -2.21. The number of aryl methyl sites for hydroxylation is 2. The molecule has 4 rings (SSSR count). The number of rotatable bonds is 1. The van der Waals surface area contributed by atoms with Gasteiger partial charge in [-0.25, -0.2) is 15.0 Å². The molecule has 0 amide bonds. The first-order valence-electron chi connectivity index (χ1n) is 8.00. The average molecular weight is 312 g/mol. The number of hydrogen-bond donors (Lipinski definition) is 0. The summed E-state index contributed by atoms with van der Waals surface area (Å²) in [6, 6.07) is 2.14. The summed E-state index contributed by atoms with van der Waals surface area (Å²) in [6.07, 6.45) is 6.89. The molecule has 1 fully saturated rings. The molecule has 0 saturated carbocycles. The van der Waals surface area contributed by atoms with Gasteiger partial charge in [-0.1, -0.05) is 12.8 Å². The van der Waals surface area contributed by atoms with Crippen molar-refractivity contribution in [3.05, 3.63) is 23.7 Å². The van der Waals surface area contributed by atoms with Crippen LogP contribution in [0, 0.1) is 13.8 Å². The maximum absolute atomic E-state index is 4.71. The van der Waals surface area contributed by atoms with Gasteiger partial charge in [0, 0.05) is 24.2 Å². The summed E-state index contributed by atoms with van der Waals surface area (Å²) in [5.41, 5.74) is 3.40. The van der Waals surface area contributed by atoms with E-state index in [-0.39, 0.29) is 0 Å². The number of hydrogen-bond acceptors (Lipinski definition) is 5. The molecule has 0 aliphatic carbocycles. The van der Waals surface area contributed by atoms with Crippen molar-refractivity contribution in [2.24, 2.45) is 0 Å². The molecular weight excluding hydrogens is 292 g/mol. The number of aromatic nitrogens is 3. The van der Waals surface area contributed by atoms with E-state index in [4.69, 9.17) is 4.98 Å². The average Bonchev–Trinajstić information content (AvgIpc) is 2.68. The van der Waals surface area contributed by atoms with Crippen LogP contribution in [0.5, 0.6) is 0 Å². The van der Waals surface area contributed by atoms with Gasteiger partial charge in [0.15, 0.2) is 0 Å². The van der Waals surface area contributed by atoms with Crippen LogP contribution in [0.2, 0.25) is 0 Å². The number of thiophene rings is 1. The van der Waals surface area contributed by atoms with Crippen LogP contribution in [0.15, 0.2) is 12.4 Å². The highest BCUT2D eigenvalue weighted by Crippen LogP contribution is 2.38. The van der Waals surface area contributed by atoms with Gasteiger partial charge in [0.05, 0.1) is 10.2 Å². The van der Waals surface area contributed by atoms with E-state index in [1.165, 1.54) is 41.3 Å². The molecule has 4 nitrogen and oxygen atoms in total. The monoisotopic (exact) mass is 312 g/mol. The Morgan fingerprint density at radius 2 is 1.82 bits per heavy atom. The Morgan fingerprint density at radius 1 is 1.05 bits per heavy atom. The lowest BCUT2D eigenvalue weighted by atomic mass is 10.1. The number of nitrogens with zero attached hydrogens (tertiary/aromatic N) is 4. The van der Waals surface area contributed by atoms with Crippen molar-refractivity contribution in [2.75, 3.05) is 18.0 Å². The minimum Gasteiger partial charge on any atom is -0.355 e. The zero-order valence-corrected chi connectivity index (χ0v) is 13.9. The summed E-state index contributed by atoms with van der Waals surface area (Å²) in [7, 11) is 0. The largest absolute Gasteiger partial charge is 0.355 e. The molecule has 0 atom stereocenters. The van der Waals surface area contributed by atoms with Crippen LogP contribution in [0.25, 0.3) is 20.4 Å². The molecule has 1 saturated heterocycles. The van der Waals surface area contributed by atoms with Gasteiger partial charge in [-0.2, -0.15) is 0 Å². The molecule has 0 bridgehead atoms. The van der Waals surface area contributed by atoms with Crippen molar-refractivity contribution in [1.82, 2.24) is 15.0 Å². The van der Waals surface area contributed by atoms with E-state index >= 15 is 0 Å². The molecule has 0 unspecified atom stereocenters. The molecule has 0 aromatic carbocycles. The second kappa shape index (κ2) is 5.47. The van der Waals surface area contributed by atoms with E-state index in [1.807, 2.05) is 0 Å². The van der Waals surface area contributed by atoms with Gasteiger partial charge in [-0.15, -0.1) is 11.3 Å². The quantitative estimate of drug-likeness (QED) is 0.674. The van der Waals surface area contributed by atoms with Gasteiger partial charge < -0.3 is 4.90 Å². The SMILES string of the molecule is Cc1cc(C)c2c(n1)sc1c(N3CCCCCC3)ncnc12. The molecule has 3 aromatic rings. The van der Waals surface area contributed by atoms with Crippen LogP contribution in [-0.4, -0.2) is 28.0 Å². The van der Waals surface area contributed by atoms with Crippen molar-refractivity contribution in [2.45, 2.75) is 39.5 Å². The molecule has 3 aromatic heterocycles. The first-order valence-corrected chi connectivity index (χ1v) is 8.82. The molecule has 5 heteroatoms. The van der Waals surface area contributed by atoms with Crippen molar-refractivity contribution in [3.8, 4) is 0 Å². The van der Waals surface area contributed by atoms with Gasteiger partial charge in [0.1, 0.15) is 17.0 Å². The minimum atomic E-state index is 1.07.